The van der Waals surface area contributed by atoms with Crippen molar-refractivity contribution in [2.75, 3.05) is 0 Å². The van der Waals surface area contributed by atoms with Gasteiger partial charge >= 0.3 is 0 Å². The Hall–Kier alpha value is -2.42. The van der Waals surface area contributed by atoms with Gasteiger partial charge in [-0.2, -0.15) is 0 Å². The molecule has 1 N–H and O–H groups in total. The normalized spacial score (nSPS) is 12.8. The van der Waals surface area contributed by atoms with Crippen molar-refractivity contribution < 1.29 is 4.79 Å². The Kier molecular flexibility index (Phi) is 2.88. The second-order valence-electron chi connectivity index (χ2n) is 4.64. The molecule has 0 fully saturated rings. The first kappa shape index (κ1) is 11.7. The SMILES string of the molecule is Cc1ccc(C(=O)NC2=NCc3ccccc32)cc1. The van der Waals surface area contributed by atoms with E-state index in [9.17, 15) is 4.79 Å². The maximum absolute atomic E-state index is 12.1. The lowest BCUT2D eigenvalue weighted by Crippen LogP contribution is -2.30. The zero-order valence-electron chi connectivity index (χ0n) is 10.7. The number of carbonyl (C=O) groups excluding carboxylic acids is 1. The van der Waals surface area contributed by atoms with Crippen LogP contribution in [0.2, 0.25) is 0 Å². The molecule has 0 saturated carbocycles. The van der Waals surface area contributed by atoms with Crippen LogP contribution in [-0.2, 0) is 6.54 Å². The maximum Gasteiger partial charge on any atom is 0.256 e. The van der Waals surface area contributed by atoms with E-state index < -0.39 is 0 Å². The minimum absolute atomic E-state index is 0.115. The van der Waals surface area contributed by atoms with Gasteiger partial charge in [-0.3, -0.25) is 9.79 Å². The van der Waals surface area contributed by atoms with E-state index in [2.05, 4.69) is 10.3 Å². The summed E-state index contributed by atoms with van der Waals surface area (Å²) < 4.78 is 0. The topological polar surface area (TPSA) is 41.5 Å². The summed E-state index contributed by atoms with van der Waals surface area (Å²) in [6.45, 7) is 2.64. The summed E-state index contributed by atoms with van der Waals surface area (Å²) in [5.74, 6) is 0.552. The van der Waals surface area contributed by atoms with E-state index in [1.165, 1.54) is 0 Å². The summed E-state index contributed by atoms with van der Waals surface area (Å²) in [6.07, 6.45) is 0. The lowest BCUT2D eigenvalue weighted by atomic mass is 10.1. The first-order valence-corrected chi connectivity index (χ1v) is 6.25. The fourth-order valence-corrected chi connectivity index (χ4v) is 2.13. The van der Waals surface area contributed by atoms with Crippen LogP contribution >= 0.6 is 0 Å². The summed E-state index contributed by atoms with van der Waals surface area (Å²) >= 11 is 0. The van der Waals surface area contributed by atoms with Crippen molar-refractivity contribution in [3.63, 3.8) is 0 Å². The van der Waals surface area contributed by atoms with Crippen molar-refractivity contribution in [1.82, 2.24) is 5.32 Å². The van der Waals surface area contributed by atoms with Gasteiger partial charge in [0.1, 0.15) is 5.84 Å². The highest BCUT2D eigenvalue weighted by Gasteiger charge is 2.17. The van der Waals surface area contributed by atoms with Crippen LogP contribution in [0.3, 0.4) is 0 Å². The van der Waals surface area contributed by atoms with Gasteiger partial charge in [-0.05, 0) is 24.6 Å². The first-order chi connectivity index (χ1) is 9.24. The fraction of sp³-hybridized carbons (Fsp3) is 0.125. The van der Waals surface area contributed by atoms with E-state index in [0.717, 1.165) is 16.7 Å². The van der Waals surface area contributed by atoms with E-state index in [-0.39, 0.29) is 5.91 Å². The van der Waals surface area contributed by atoms with Crippen molar-refractivity contribution in [3.05, 3.63) is 70.8 Å². The minimum atomic E-state index is -0.115. The van der Waals surface area contributed by atoms with E-state index in [1.807, 2.05) is 55.5 Å². The lowest BCUT2D eigenvalue weighted by molar-refractivity contribution is 0.0977. The number of fused-ring (bicyclic) bond motifs is 1. The zero-order valence-corrected chi connectivity index (χ0v) is 10.7. The van der Waals surface area contributed by atoms with E-state index >= 15 is 0 Å². The molecule has 0 atom stereocenters. The van der Waals surface area contributed by atoms with E-state index in [4.69, 9.17) is 0 Å². The van der Waals surface area contributed by atoms with Crippen LogP contribution in [0, 0.1) is 6.92 Å². The second kappa shape index (κ2) is 4.69. The second-order valence-corrected chi connectivity index (χ2v) is 4.64. The molecule has 2 aromatic rings. The monoisotopic (exact) mass is 250 g/mol. The number of benzene rings is 2. The Bertz CT molecular complexity index is 657. The predicted octanol–water partition coefficient (Wildman–Crippen LogP) is 2.69. The molecule has 0 saturated heterocycles. The molecular formula is C16H14N2O. The third kappa shape index (κ3) is 2.27. The standard InChI is InChI=1S/C16H14N2O/c1-11-6-8-12(9-7-11)16(19)18-15-14-5-3-2-4-13(14)10-17-15/h2-9H,10H2,1H3,(H,17,18,19). The Morgan fingerprint density at radius 1 is 1.11 bits per heavy atom. The highest BCUT2D eigenvalue weighted by Crippen LogP contribution is 2.17. The molecule has 3 nitrogen and oxygen atoms in total. The third-order valence-corrected chi connectivity index (χ3v) is 3.23. The van der Waals surface area contributed by atoms with Gasteiger partial charge in [-0.15, -0.1) is 0 Å². The van der Waals surface area contributed by atoms with Crippen molar-refractivity contribution in [2.45, 2.75) is 13.5 Å². The Labute approximate surface area is 112 Å². The smallest absolute Gasteiger partial charge is 0.256 e. The fourth-order valence-electron chi connectivity index (χ4n) is 2.13. The zero-order chi connectivity index (χ0) is 13.2. The van der Waals surface area contributed by atoms with Gasteiger partial charge < -0.3 is 5.32 Å². The summed E-state index contributed by atoms with van der Waals surface area (Å²) in [5, 5.41) is 2.88. The summed E-state index contributed by atoms with van der Waals surface area (Å²) in [5.41, 5.74) is 3.96. The van der Waals surface area contributed by atoms with Gasteiger partial charge in [0.2, 0.25) is 0 Å². The highest BCUT2D eigenvalue weighted by molar-refractivity contribution is 6.14. The number of nitrogens with zero attached hydrogens (tertiary/aromatic N) is 1. The van der Waals surface area contributed by atoms with Crippen LogP contribution in [0.15, 0.2) is 53.5 Å². The van der Waals surface area contributed by atoms with Crippen LogP contribution in [0.1, 0.15) is 27.0 Å². The van der Waals surface area contributed by atoms with E-state index in [0.29, 0.717) is 17.9 Å². The largest absolute Gasteiger partial charge is 0.306 e. The molecule has 0 aliphatic carbocycles. The van der Waals surface area contributed by atoms with Crippen molar-refractivity contribution in [2.24, 2.45) is 4.99 Å². The number of aryl methyl sites for hydroxylation is 1. The number of hydrogen-bond donors (Lipinski definition) is 1. The van der Waals surface area contributed by atoms with Crippen LogP contribution < -0.4 is 5.32 Å². The Morgan fingerprint density at radius 2 is 1.84 bits per heavy atom. The quantitative estimate of drug-likeness (QED) is 0.830. The molecule has 1 aliphatic rings. The molecule has 1 amide bonds. The molecule has 3 rings (SSSR count). The number of carbonyl (C=O) groups is 1. The van der Waals surface area contributed by atoms with Crippen molar-refractivity contribution >= 4 is 11.7 Å². The summed E-state index contributed by atoms with van der Waals surface area (Å²) in [7, 11) is 0. The number of aliphatic imine (C=N–C) groups is 1. The molecule has 19 heavy (non-hydrogen) atoms. The number of rotatable bonds is 1. The predicted molar refractivity (Wildman–Crippen MR) is 75.3 cm³/mol. The van der Waals surface area contributed by atoms with E-state index in [1.54, 1.807) is 0 Å². The molecule has 1 heterocycles. The lowest BCUT2D eigenvalue weighted by Gasteiger charge is -2.06. The molecule has 3 heteroatoms. The molecular weight excluding hydrogens is 236 g/mol. The number of nitrogens with one attached hydrogen (secondary N) is 1. The van der Waals surface area contributed by atoms with Crippen molar-refractivity contribution in [1.29, 1.82) is 0 Å². The summed E-state index contributed by atoms with van der Waals surface area (Å²) in [4.78, 5) is 16.5. The number of amidine groups is 1. The minimum Gasteiger partial charge on any atom is -0.306 e. The Balaban J connectivity index is 1.80. The summed E-state index contributed by atoms with van der Waals surface area (Å²) in [6, 6.07) is 15.5. The van der Waals surface area contributed by atoms with Crippen LogP contribution in [-0.4, -0.2) is 11.7 Å². The number of amides is 1. The molecule has 94 valence electrons. The Morgan fingerprint density at radius 3 is 2.63 bits per heavy atom. The molecule has 0 aromatic heterocycles. The molecule has 0 bridgehead atoms. The van der Waals surface area contributed by atoms with Crippen LogP contribution in [0.5, 0.6) is 0 Å². The third-order valence-electron chi connectivity index (χ3n) is 3.23. The van der Waals surface area contributed by atoms with Gasteiger partial charge in [0.15, 0.2) is 0 Å². The van der Waals surface area contributed by atoms with Gasteiger partial charge in [-0.25, -0.2) is 0 Å². The van der Waals surface area contributed by atoms with Crippen LogP contribution in [0.4, 0.5) is 0 Å². The maximum atomic E-state index is 12.1. The van der Waals surface area contributed by atoms with Gasteiger partial charge in [-0.1, -0.05) is 42.0 Å². The average molecular weight is 250 g/mol. The van der Waals surface area contributed by atoms with Crippen LogP contribution in [0.25, 0.3) is 0 Å². The highest BCUT2D eigenvalue weighted by atomic mass is 16.1. The van der Waals surface area contributed by atoms with Gasteiger partial charge in [0.05, 0.1) is 6.54 Å². The van der Waals surface area contributed by atoms with Gasteiger partial charge in [0.25, 0.3) is 5.91 Å². The molecule has 0 radical (unpaired) electrons. The molecule has 0 unspecified atom stereocenters. The molecule has 2 aromatic carbocycles. The first-order valence-electron chi connectivity index (χ1n) is 6.25. The average Bonchev–Trinajstić information content (AvgIpc) is 2.83. The van der Waals surface area contributed by atoms with Gasteiger partial charge in [0, 0.05) is 11.1 Å². The molecule has 0 spiro atoms. The number of hydrogen-bond acceptors (Lipinski definition) is 2. The molecule has 1 aliphatic heterocycles. The van der Waals surface area contributed by atoms with Crippen molar-refractivity contribution in [3.8, 4) is 0 Å².